The second-order valence-electron chi connectivity index (χ2n) is 6.63. The van der Waals surface area contributed by atoms with Crippen molar-refractivity contribution in [1.82, 2.24) is 4.90 Å². The Kier molecular flexibility index (Phi) is 6.59. The predicted molar refractivity (Wildman–Crippen MR) is 107 cm³/mol. The van der Waals surface area contributed by atoms with E-state index in [9.17, 15) is 9.59 Å². The number of rotatable bonds is 7. The molecule has 7 heteroatoms. The molecule has 0 unspecified atom stereocenters. The van der Waals surface area contributed by atoms with Gasteiger partial charge in [-0.2, -0.15) is 0 Å². The van der Waals surface area contributed by atoms with Crippen LogP contribution in [0.3, 0.4) is 0 Å². The van der Waals surface area contributed by atoms with Gasteiger partial charge in [0.05, 0.1) is 27.4 Å². The topological polar surface area (TPSA) is 74.3 Å². The van der Waals surface area contributed by atoms with Crippen molar-refractivity contribution in [3.8, 4) is 17.2 Å². The van der Waals surface area contributed by atoms with Gasteiger partial charge in [-0.25, -0.2) is 4.79 Å². The van der Waals surface area contributed by atoms with Crippen LogP contribution in [0.25, 0.3) is 0 Å². The van der Waals surface area contributed by atoms with E-state index in [1.54, 1.807) is 43.4 Å². The molecule has 0 saturated carbocycles. The third-order valence-electron chi connectivity index (χ3n) is 5.02. The van der Waals surface area contributed by atoms with Crippen molar-refractivity contribution < 1.29 is 28.5 Å². The Morgan fingerprint density at radius 1 is 1.00 bits per heavy atom. The van der Waals surface area contributed by atoms with Crippen molar-refractivity contribution in [2.24, 2.45) is 0 Å². The molecule has 0 N–H and O–H groups in total. The number of hydrogen-bond acceptors (Lipinski definition) is 6. The average molecular weight is 399 g/mol. The van der Waals surface area contributed by atoms with Gasteiger partial charge in [0.2, 0.25) is 0 Å². The zero-order chi connectivity index (χ0) is 20.8. The van der Waals surface area contributed by atoms with Crippen LogP contribution in [0.5, 0.6) is 17.2 Å². The summed E-state index contributed by atoms with van der Waals surface area (Å²) in [6, 6.07) is 12.1. The molecule has 3 rings (SSSR count). The number of nitrogens with zero attached hydrogens (tertiary/aromatic N) is 1. The number of carbonyl (C=O) groups excluding carboxylic acids is 2. The molecule has 29 heavy (non-hydrogen) atoms. The van der Waals surface area contributed by atoms with Crippen LogP contribution < -0.4 is 14.2 Å². The summed E-state index contributed by atoms with van der Waals surface area (Å²) in [7, 11) is 4.68. The van der Waals surface area contributed by atoms with Crippen LogP contribution in [0.1, 0.15) is 34.8 Å². The molecule has 7 nitrogen and oxygen atoms in total. The summed E-state index contributed by atoms with van der Waals surface area (Å²) in [4.78, 5) is 26.9. The molecule has 0 radical (unpaired) electrons. The highest BCUT2D eigenvalue weighted by Crippen LogP contribution is 2.39. The van der Waals surface area contributed by atoms with E-state index in [1.165, 1.54) is 7.11 Å². The summed E-state index contributed by atoms with van der Waals surface area (Å²) in [5.41, 5.74) is 1.17. The maximum Gasteiger partial charge on any atom is 0.342 e. The number of amides is 1. The lowest BCUT2D eigenvalue weighted by molar-refractivity contribution is -0.135. The van der Waals surface area contributed by atoms with Crippen molar-refractivity contribution in [2.45, 2.75) is 18.9 Å². The highest BCUT2D eigenvalue weighted by atomic mass is 16.5. The third-order valence-corrected chi connectivity index (χ3v) is 5.02. The molecule has 1 heterocycles. The monoisotopic (exact) mass is 399 g/mol. The summed E-state index contributed by atoms with van der Waals surface area (Å²) in [5, 5.41) is 0. The van der Waals surface area contributed by atoms with Gasteiger partial charge in [-0.05, 0) is 43.2 Å². The molecule has 0 aromatic heterocycles. The fraction of sp³-hybridized carbons (Fsp3) is 0.364. The van der Waals surface area contributed by atoms with Crippen molar-refractivity contribution in [1.29, 1.82) is 0 Å². The lowest BCUT2D eigenvalue weighted by Gasteiger charge is -2.26. The zero-order valence-electron chi connectivity index (χ0n) is 16.8. The van der Waals surface area contributed by atoms with Crippen LogP contribution in [-0.4, -0.2) is 51.3 Å². The number of likely N-dealkylation sites (tertiary alicyclic amines) is 1. The number of benzene rings is 2. The van der Waals surface area contributed by atoms with Crippen LogP contribution in [0.15, 0.2) is 42.5 Å². The molecule has 1 aliphatic heterocycles. The van der Waals surface area contributed by atoms with E-state index in [1.807, 2.05) is 18.2 Å². The highest BCUT2D eigenvalue weighted by molar-refractivity contribution is 5.94. The van der Waals surface area contributed by atoms with Crippen LogP contribution in [-0.2, 0) is 9.53 Å². The Balaban J connectivity index is 1.71. The first-order valence-electron chi connectivity index (χ1n) is 9.40. The van der Waals surface area contributed by atoms with Gasteiger partial charge in [0.1, 0.15) is 22.8 Å². The van der Waals surface area contributed by atoms with Gasteiger partial charge in [0.15, 0.2) is 6.61 Å². The number of esters is 1. The summed E-state index contributed by atoms with van der Waals surface area (Å²) in [6.07, 6.45) is 1.66. The molecule has 0 aliphatic carbocycles. The first kappa shape index (κ1) is 20.5. The maximum absolute atomic E-state index is 12.8. The minimum Gasteiger partial charge on any atom is -0.497 e. The molecule has 1 atom stereocenters. The molecule has 1 aliphatic rings. The van der Waals surface area contributed by atoms with Crippen LogP contribution >= 0.6 is 0 Å². The molecule has 0 bridgehead atoms. The number of carbonyl (C=O) groups is 2. The number of hydrogen-bond donors (Lipinski definition) is 0. The van der Waals surface area contributed by atoms with Gasteiger partial charge in [-0.3, -0.25) is 4.79 Å². The second kappa shape index (κ2) is 9.32. The van der Waals surface area contributed by atoms with E-state index in [0.29, 0.717) is 23.8 Å². The molecule has 2 aromatic carbocycles. The minimum atomic E-state index is -0.592. The molecule has 2 aromatic rings. The predicted octanol–water partition coefficient (Wildman–Crippen LogP) is 3.23. The van der Waals surface area contributed by atoms with Crippen LogP contribution in [0, 0.1) is 0 Å². The molecule has 154 valence electrons. The zero-order valence-corrected chi connectivity index (χ0v) is 16.8. The van der Waals surface area contributed by atoms with E-state index >= 15 is 0 Å². The van der Waals surface area contributed by atoms with Gasteiger partial charge >= 0.3 is 5.97 Å². The van der Waals surface area contributed by atoms with E-state index in [2.05, 4.69) is 0 Å². The van der Waals surface area contributed by atoms with Crippen molar-refractivity contribution in [3.05, 3.63) is 53.6 Å². The SMILES string of the molecule is COc1ccc(OC)c([C@H]2CCCN2C(=O)COC(=O)c2ccccc2OC)c1. The maximum atomic E-state index is 12.8. The summed E-state index contributed by atoms with van der Waals surface area (Å²) < 4.78 is 21.2. The highest BCUT2D eigenvalue weighted by Gasteiger charge is 2.32. The molecule has 1 saturated heterocycles. The quantitative estimate of drug-likeness (QED) is 0.666. The molecular formula is C22H25NO6. The van der Waals surface area contributed by atoms with E-state index in [4.69, 9.17) is 18.9 Å². The summed E-state index contributed by atoms with van der Waals surface area (Å²) in [6.45, 7) is 0.260. The lowest BCUT2D eigenvalue weighted by atomic mass is 10.0. The minimum absolute atomic E-state index is 0.155. The molecule has 1 fully saturated rings. The Hall–Kier alpha value is -3.22. The Bertz CT molecular complexity index is 881. The fourth-order valence-corrected chi connectivity index (χ4v) is 3.59. The van der Waals surface area contributed by atoms with Crippen LogP contribution in [0.4, 0.5) is 0 Å². The Morgan fingerprint density at radius 2 is 1.76 bits per heavy atom. The first-order chi connectivity index (χ1) is 14.1. The molecular weight excluding hydrogens is 374 g/mol. The largest absolute Gasteiger partial charge is 0.497 e. The molecule has 0 spiro atoms. The summed E-state index contributed by atoms with van der Waals surface area (Å²) >= 11 is 0. The van der Waals surface area contributed by atoms with Crippen molar-refractivity contribution >= 4 is 11.9 Å². The second-order valence-corrected chi connectivity index (χ2v) is 6.63. The smallest absolute Gasteiger partial charge is 0.342 e. The van der Waals surface area contributed by atoms with Gasteiger partial charge in [0.25, 0.3) is 5.91 Å². The Labute approximate surface area is 170 Å². The fourth-order valence-electron chi connectivity index (χ4n) is 3.59. The third kappa shape index (κ3) is 4.45. The van der Waals surface area contributed by atoms with Crippen LogP contribution in [0.2, 0.25) is 0 Å². The lowest BCUT2D eigenvalue weighted by Crippen LogP contribution is -2.34. The molecule has 1 amide bonds. The average Bonchev–Trinajstić information content (AvgIpc) is 3.26. The standard InChI is InChI=1S/C22H25NO6/c1-26-15-10-11-20(28-3)17(13-15)18-8-6-12-23(18)21(24)14-29-22(25)16-7-4-5-9-19(16)27-2/h4-5,7,9-11,13,18H,6,8,12,14H2,1-3H3/t18-/m1/s1. The van der Waals surface area contributed by atoms with E-state index in [0.717, 1.165) is 18.4 Å². The van der Waals surface area contributed by atoms with Crippen molar-refractivity contribution in [2.75, 3.05) is 34.5 Å². The van der Waals surface area contributed by atoms with Gasteiger partial charge in [-0.15, -0.1) is 0 Å². The van der Waals surface area contributed by atoms with Gasteiger partial charge < -0.3 is 23.8 Å². The Morgan fingerprint density at radius 3 is 2.48 bits per heavy atom. The van der Waals surface area contributed by atoms with E-state index < -0.39 is 5.97 Å². The van der Waals surface area contributed by atoms with Crippen molar-refractivity contribution in [3.63, 3.8) is 0 Å². The number of methoxy groups -OCH3 is 3. The van der Waals surface area contributed by atoms with Gasteiger partial charge in [-0.1, -0.05) is 12.1 Å². The first-order valence-corrected chi connectivity index (χ1v) is 9.40. The number of para-hydroxylation sites is 1. The number of ether oxygens (including phenoxy) is 4. The normalized spacial score (nSPS) is 15.7. The van der Waals surface area contributed by atoms with Gasteiger partial charge in [0, 0.05) is 12.1 Å². The van der Waals surface area contributed by atoms with E-state index in [-0.39, 0.29) is 24.1 Å². The summed E-state index contributed by atoms with van der Waals surface area (Å²) in [5.74, 6) is 0.959.